The number of nitrogens with zero attached hydrogens (tertiary/aromatic N) is 2. The molecule has 0 aliphatic carbocycles. The highest BCUT2D eigenvalue weighted by Gasteiger charge is 2.15. The fourth-order valence-corrected chi connectivity index (χ4v) is 4.15. The highest BCUT2D eigenvalue weighted by atomic mass is 32.2. The Hall–Kier alpha value is -3.98. The van der Waals surface area contributed by atoms with Gasteiger partial charge in [-0.05, 0) is 66.2 Å². The van der Waals surface area contributed by atoms with Gasteiger partial charge >= 0.3 is 0 Å². The van der Waals surface area contributed by atoms with Crippen molar-refractivity contribution in [3.63, 3.8) is 0 Å². The van der Waals surface area contributed by atoms with E-state index in [1.165, 1.54) is 36.4 Å². The second-order valence-electron chi connectivity index (χ2n) is 6.90. The molecule has 0 unspecified atom stereocenters. The summed E-state index contributed by atoms with van der Waals surface area (Å²) in [6.45, 7) is 0.299. The summed E-state index contributed by atoms with van der Waals surface area (Å²) in [7, 11) is -3.86. The summed E-state index contributed by atoms with van der Waals surface area (Å²) in [5.41, 5.74) is 2.43. The van der Waals surface area contributed by atoms with Crippen LogP contribution in [0.3, 0.4) is 0 Å². The second-order valence-corrected chi connectivity index (χ2v) is 8.58. The number of amides is 1. The number of hydrogen-bond acceptors (Lipinski definition) is 4. The smallest absolute Gasteiger partial charge is 0.261 e. The minimum atomic E-state index is -3.86. The van der Waals surface area contributed by atoms with Gasteiger partial charge in [0.1, 0.15) is 5.82 Å². The minimum absolute atomic E-state index is 0.0587. The molecule has 0 aliphatic heterocycles. The molecule has 0 spiro atoms. The molecule has 162 valence electrons. The molecule has 9 heteroatoms. The van der Waals surface area contributed by atoms with Gasteiger partial charge < -0.3 is 5.32 Å². The molecule has 2 N–H and O–H groups in total. The summed E-state index contributed by atoms with van der Waals surface area (Å²) >= 11 is 0. The van der Waals surface area contributed by atoms with Gasteiger partial charge in [-0.25, -0.2) is 17.5 Å². The Morgan fingerprint density at radius 2 is 1.66 bits per heavy atom. The Morgan fingerprint density at radius 3 is 2.34 bits per heavy atom. The largest absolute Gasteiger partial charge is 0.348 e. The zero-order valence-corrected chi connectivity index (χ0v) is 17.6. The van der Waals surface area contributed by atoms with Crippen LogP contribution in [0.4, 0.5) is 10.1 Å². The molecule has 3 aromatic carbocycles. The summed E-state index contributed by atoms with van der Waals surface area (Å²) in [6, 6.07) is 20.0. The number of carbonyl (C=O) groups excluding carboxylic acids is 1. The van der Waals surface area contributed by atoms with Gasteiger partial charge in [0.2, 0.25) is 0 Å². The normalized spacial score (nSPS) is 11.2. The highest BCUT2D eigenvalue weighted by Crippen LogP contribution is 2.18. The first-order chi connectivity index (χ1) is 15.4. The van der Waals surface area contributed by atoms with E-state index in [1.807, 2.05) is 36.5 Å². The van der Waals surface area contributed by atoms with Crippen molar-refractivity contribution in [1.29, 1.82) is 0 Å². The van der Waals surface area contributed by atoms with Crippen LogP contribution in [0.1, 0.15) is 15.9 Å². The van der Waals surface area contributed by atoms with Crippen molar-refractivity contribution >= 4 is 21.6 Å². The molecule has 0 radical (unpaired) electrons. The van der Waals surface area contributed by atoms with Crippen molar-refractivity contribution in [3.05, 3.63) is 108 Å². The molecule has 7 nitrogen and oxygen atoms in total. The molecule has 0 saturated carbocycles. The van der Waals surface area contributed by atoms with E-state index < -0.39 is 15.8 Å². The number of sulfonamides is 1. The van der Waals surface area contributed by atoms with Crippen molar-refractivity contribution in [2.75, 3.05) is 4.72 Å². The number of rotatable bonds is 7. The quantitative estimate of drug-likeness (QED) is 0.449. The SMILES string of the molecule is O=C(NCc1ccccc1-n1cccn1)c1ccc(NS(=O)(=O)c2ccc(F)cc2)cc1. The number of carbonyl (C=O) groups is 1. The average molecular weight is 450 g/mol. The Labute approximate surface area is 184 Å². The van der Waals surface area contributed by atoms with Crippen LogP contribution in [0.5, 0.6) is 0 Å². The number of anilines is 1. The van der Waals surface area contributed by atoms with Crippen molar-refractivity contribution in [2.24, 2.45) is 0 Å². The monoisotopic (exact) mass is 450 g/mol. The Bertz CT molecular complexity index is 1320. The molecule has 0 saturated heterocycles. The number of para-hydroxylation sites is 1. The van der Waals surface area contributed by atoms with Crippen LogP contribution in [0.2, 0.25) is 0 Å². The molecule has 4 rings (SSSR count). The van der Waals surface area contributed by atoms with E-state index in [9.17, 15) is 17.6 Å². The first-order valence-electron chi connectivity index (χ1n) is 9.67. The summed E-state index contributed by atoms with van der Waals surface area (Å²) in [6.07, 6.45) is 3.51. The van der Waals surface area contributed by atoms with Crippen molar-refractivity contribution in [2.45, 2.75) is 11.4 Å². The Morgan fingerprint density at radius 1 is 0.938 bits per heavy atom. The van der Waals surface area contributed by atoms with Gasteiger partial charge in [0, 0.05) is 30.2 Å². The van der Waals surface area contributed by atoms with Gasteiger partial charge in [0.05, 0.1) is 10.6 Å². The van der Waals surface area contributed by atoms with E-state index >= 15 is 0 Å². The topological polar surface area (TPSA) is 93.1 Å². The standard InChI is InChI=1S/C23H19FN4O3S/c24-19-8-12-21(13-9-19)32(30,31)27-20-10-6-17(7-11-20)23(29)25-16-18-4-1-2-5-22(18)28-15-3-14-26-28/h1-15,27H,16H2,(H,25,29). The molecule has 1 heterocycles. The van der Waals surface area contributed by atoms with Crippen LogP contribution in [-0.2, 0) is 16.6 Å². The van der Waals surface area contributed by atoms with Gasteiger partial charge in [-0.1, -0.05) is 18.2 Å². The number of halogens is 1. The summed E-state index contributed by atoms with van der Waals surface area (Å²) < 4.78 is 42.0. The first-order valence-corrected chi connectivity index (χ1v) is 11.2. The number of benzene rings is 3. The molecular formula is C23H19FN4O3S. The van der Waals surface area contributed by atoms with Gasteiger partial charge in [0.25, 0.3) is 15.9 Å². The molecular weight excluding hydrogens is 431 g/mol. The van der Waals surface area contributed by atoms with E-state index in [-0.39, 0.29) is 16.5 Å². The molecule has 0 aliphatic rings. The fourth-order valence-electron chi connectivity index (χ4n) is 3.09. The van der Waals surface area contributed by atoms with Crippen LogP contribution >= 0.6 is 0 Å². The lowest BCUT2D eigenvalue weighted by Crippen LogP contribution is -2.23. The van der Waals surface area contributed by atoms with Crippen LogP contribution < -0.4 is 10.0 Å². The zero-order chi connectivity index (χ0) is 22.6. The van der Waals surface area contributed by atoms with E-state index in [2.05, 4.69) is 15.1 Å². The van der Waals surface area contributed by atoms with Gasteiger partial charge in [-0.15, -0.1) is 0 Å². The second kappa shape index (κ2) is 9.03. The lowest BCUT2D eigenvalue weighted by Gasteiger charge is -2.11. The van der Waals surface area contributed by atoms with Crippen LogP contribution in [-0.4, -0.2) is 24.1 Å². The van der Waals surface area contributed by atoms with E-state index in [0.717, 1.165) is 23.4 Å². The maximum Gasteiger partial charge on any atom is 0.261 e. The fraction of sp³-hybridized carbons (Fsp3) is 0.0435. The third-order valence-electron chi connectivity index (χ3n) is 4.71. The summed E-state index contributed by atoms with van der Waals surface area (Å²) in [5, 5.41) is 7.09. The molecule has 0 bridgehead atoms. The van der Waals surface area contributed by atoms with Crippen molar-refractivity contribution in [1.82, 2.24) is 15.1 Å². The predicted octanol–water partition coefficient (Wildman–Crippen LogP) is 3.74. The molecule has 32 heavy (non-hydrogen) atoms. The van der Waals surface area contributed by atoms with Crippen LogP contribution in [0.15, 0.2) is 96.2 Å². The minimum Gasteiger partial charge on any atom is -0.348 e. The van der Waals surface area contributed by atoms with Crippen molar-refractivity contribution in [3.8, 4) is 5.69 Å². The molecule has 4 aromatic rings. The first kappa shape index (κ1) is 21.3. The lowest BCUT2D eigenvalue weighted by molar-refractivity contribution is 0.0951. The van der Waals surface area contributed by atoms with Gasteiger partial charge in [-0.2, -0.15) is 5.10 Å². The Balaban J connectivity index is 1.41. The maximum absolute atomic E-state index is 13.0. The Kier molecular flexibility index (Phi) is 6.00. The van der Waals surface area contributed by atoms with E-state index in [1.54, 1.807) is 10.9 Å². The predicted molar refractivity (Wildman–Crippen MR) is 118 cm³/mol. The highest BCUT2D eigenvalue weighted by molar-refractivity contribution is 7.92. The van der Waals surface area contributed by atoms with Crippen LogP contribution in [0, 0.1) is 5.82 Å². The molecule has 0 atom stereocenters. The van der Waals surface area contributed by atoms with E-state index in [0.29, 0.717) is 12.1 Å². The molecule has 1 amide bonds. The van der Waals surface area contributed by atoms with Crippen LogP contribution in [0.25, 0.3) is 5.69 Å². The maximum atomic E-state index is 13.0. The summed E-state index contributed by atoms with van der Waals surface area (Å²) in [4.78, 5) is 12.5. The molecule has 0 fully saturated rings. The third-order valence-corrected chi connectivity index (χ3v) is 6.10. The number of nitrogens with one attached hydrogen (secondary N) is 2. The van der Waals surface area contributed by atoms with Crippen molar-refractivity contribution < 1.29 is 17.6 Å². The average Bonchev–Trinajstić information content (AvgIpc) is 3.33. The third kappa shape index (κ3) is 4.84. The summed E-state index contributed by atoms with van der Waals surface area (Å²) in [5.74, 6) is -0.820. The van der Waals surface area contributed by atoms with Gasteiger partial charge in [-0.3, -0.25) is 9.52 Å². The molecule has 1 aromatic heterocycles. The lowest BCUT2D eigenvalue weighted by atomic mass is 10.1. The number of aromatic nitrogens is 2. The number of hydrogen-bond donors (Lipinski definition) is 2. The van der Waals surface area contributed by atoms with E-state index in [4.69, 9.17) is 0 Å². The zero-order valence-electron chi connectivity index (χ0n) is 16.8. The van der Waals surface area contributed by atoms with Gasteiger partial charge in [0.15, 0.2) is 0 Å².